The lowest BCUT2D eigenvalue weighted by atomic mass is 10.3. The number of thioether (sulfide) groups is 1. The third-order valence-electron chi connectivity index (χ3n) is 2.02. The lowest BCUT2D eigenvalue weighted by Gasteiger charge is -2.07. The van der Waals surface area contributed by atoms with E-state index in [9.17, 15) is 4.79 Å². The average Bonchev–Trinajstić information content (AvgIpc) is 2.16. The molecule has 0 amide bonds. The van der Waals surface area contributed by atoms with Crippen molar-refractivity contribution in [1.29, 1.82) is 0 Å². The molecule has 0 fully saturated rings. The van der Waals surface area contributed by atoms with Crippen molar-refractivity contribution in [2.75, 3.05) is 19.3 Å². The molecule has 0 saturated heterocycles. The van der Waals surface area contributed by atoms with E-state index in [1.54, 1.807) is 13.0 Å². The van der Waals surface area contributed by atoms with E-state index in [-0.39, 0.29) is 0 Å². The van der Waals surface area contributed by atoms with E-state index < -0.39 is 5.97 Å². The van der Waals surface area contributed by atoms with Gasteiger partial charge >= 0.3 is 5.97 Å². The van der Waals surface area contributed by atoms with Crippen LogP contribution in [0.5, 0.6) is 0 Å². The van der Waals surface area contributed by atoms with Gasteiger partial charge < -0.3 is 10.4 Å². The van der Waals surface area contributed by atoms with Crippen molar-refractivity contribution in [3.63, 3.8) is 0 Å². The van der Waals surface area contributed by atoms with Crippen molar-refractivity contribution >= 4 is 17.7 Å². The van der Waals surface area contributed by atoms with Crippen molar-refractivity contribution in [2.24, 2.45) is 0 Å². The second kappa shape index (κ2) is 7.88. The van der Waals surface area contributed by atoms with Crippen LogP contribution in [0.3, 0.4) is 0 Å². The molecule has 0 aromatic heterocycles. The minimum Gasteiger partial charge on any atom is -0.478 e. The summed E-state index contributed by atoms with van der Waals surface area (Å²) in [6.45, 7) is 5.36. The number of hydrogen-bond acceptors (Lipinski definition) is 3. The summed E-state index contributed by atoms with van der Waals surface area (Å²) in [5.74, 6) is -0.843. The van der Waals surface area contributed by atoms with Crippen LogP contribution < -0.4 is 5.32 Å². The Morgan fingerprint density at radius 1 is 1.64 bits per heavy atom. The van der Waals surface area contributed by atoms with Crippen LogP contribution in [0.15, 0.2) is 11.6 Å². The summed E-state index contributed by atoms with van der Waals surface area (Å²) in [5.41, 5.74) is 0.399. The fourth-order valence-corrected chi connectivity index (χ4v) is 1.19. The smallest absolute Gasteiger partial charge is 0.330 e. The van der Waals surface area contributed by atoms with Crippen LogP contribution >= 0.6 is 11.8 Å². The lowest BCUT2D eigenvalue weighted by Crippen LogP contribution is -2.18. The first kappa shape index (κ1) is 13.5. The van der Waals surface area contributed by atoms with E-state index in [1.807, 2.05) is 11.8 Å². The first-order chi connectivity index (χ1) is 6.57. The van der Waals surface area contributed by atoms with Gasteiger partial charge in [-0.2, -0.15) is 11.8 Å². The molecule has 14 heavy (non-hydrogen) atoms. The van der Waals surface area contributed by atoms with E-state index in [0.717, 1.165) is 13.0 Å². The molecule has 3 nitrogen and oxygen atoms in total. The molecule has 0 aliphatic carbocycles. The molecule has 0 radical (unpaired) electrons. The van der Waals surface area contributed by atoms with Crippen LogP contribution in [0.4, 0.5) is 0 Å². The number of carboxylic acids is 1. The molecular formula is C10H19NO2S. The van der Waals surface area contributed by atoms with E-state index in [2.05, 4.69) is 18.5 Å². The quantitative estimate of drug-likeness (QED) is 0.504. The molecule has 2 N–H and O–H groups in total. The normalized spacial score (nSPS) is 14.1. The van der Waals surface area contributed by atoms with Gasteiger partial charge in [0.1, 0.15) is 0 Å². The summed E-state index contributed by atoms with van der Waals surface area (Å²) in [5, 5.41) is 12.4. The van der Waals surface area contributed by atoms with Crippen LogP contribution in [0.25, 0.3) is 0 Å². The van der Waals surface area contributed by atoms with Gasteiger partial charge in [0.15, 0.2) is 0 Å². The minimum atomic E-state index is -0.843. The van der Waals surface area contributed by atoms with Gasteiger partial charge in [0.25, 0.3) is 0 Å². The Balaban J connectivity index is 3.47. The highest BCUT2D eigenvalue weighted by Crippen LogP contribution is 2.07. The Bertz CT molecular complexity index is 204. The summed E-state index contributed by atoms with van der Waals surface area (Å²) < 4.78 is 0. The van der Waals surface area contributed by atoms with Gasteiger partial charge in [0.2, 0.25) is 0 Å². The molecule has 0 aromatic rings. The third-order valence-corrected chi connectivity index (χ3v) is 3.06. The van der Waals surface area contributed by atoms with E-state index in [0.29, 0.717) is 17.4 Å². The molecule has 0 bridgehead atoms. The molecule has 0 saturated carbocycles. The standard InChI is InChI=1S/C10H19NO2S/c1-8(10(12)13)4-6-11-7-5-9(2)14-3/h4,9,11H,5-7H2,1-3H3,(H,12,13)/b8-4-. The van der Waals surface area contributed by atoms with Gasteiger partial charge in [0, 0.05) is 17.4 Å². The second-order valence-electron chi connectivity index (χ2n) is 3.23. The number of carboxylic acid groups (broad SMARTS) is 1. The zero-order valence-electron chi connectivity index (χ0n) is 9.04. The molecule has 4 heteroatoms. The van der Waals surface area contributed by atoms with Crippen LogP contribution in [-0.2, 0) is 4.79 Å². The molecule has 0 aliphatic heterocycles. The first-order valence-corrected chi connectivity index (χ1v) is 6.00. The molecule has 1 unspecified atom stereocenters. The van der Waals surface area contributed by atoms with Crippen molar-refractivity contribution in [2.45, 2.75) is 25.5 Å². The van der Waals surface area contributed by atoms with Gasteiger partial charge in [0.05, 0.1) is 0 Å². The summed E-state index contributed by atoms with van der Waals surface area (Å²) in [7, 11) is 0. The van der Waals surface area contributed by atoms with Gasteiger partial charge in [-0.1, -0.05) is 13.0 Å². The predicted molar refractivity (Wildman–Crippen MR) is 61.9 cm³/mol. The van der Waals surface area contributed by atoms with Crippen LogP contribution in [0, 0.1) is 0 Å². The summed E-state index contributed by atoms with van der Waals surface area (Å²) in [6.07, 6.45) is 4.91. The fraction of sp³-hybridized carbons (Fsp3) is 0.700. The molecule has 0 aliphatic rings. The summed E-state index contributed by atoms with van der Waals surface area (Å²) >= 11 is 1.84. The maximum atomic E-state index is 10.4. The minimum absolute atomic E-state index is 0.399. The highest BCUT2D eigenvalue weighted by atomic mass is 32.2. The zero-order valence-corrected chi connectivity index (χ0v) is 9.86. The Morgan fingerprint density at radius 3 is 2.79 bits per heavy atom. The Kier molecular flexibility index (Phi) is 7.61. The van der Waals surface area contributed by atoms with Gasteiger partial charge in [-0.25, -0.2) is 4.79 Å². The van der Waals surface area contributed by atoms with Crippen LogP contribution in [-0.4, -0.2) is 35.7 Å². The van der Waals surface area contributed by atoms with Crippen LogP contribution in [0.2, 0.25) is 0 Å². The molecule has 0 spiro atoms. The lowest BCUT2D eigenvalue weighted by molar-refractivity contribution is -0.132. The molecule has 82 valence electrons. The van der Waals surface area contributed by atoms with Gasteiger partial charge in [-0.3, -0.25) is 0 Å². The maximum absolute atomic E-state index is 10.4. The summed E-state index contributed by atoms with van der Waals surface area (Å²) in [6, 6.07) is 0. The van der Waals surface area contributed by atoms with Gasteiger partial charge in [-0.15, -0.1) is 0 Å². The fourth-order valence-electron chi connectivity index (χ4n) is 0.838. The monoisotopic (exact) mass is 217 g/mol. The zero-order chi connectivity index (χ0) is 11.0. The highest BCUT2D eigenvalue weighted by molar-refractivity contribution is 7.99. The van der Waals surface area contributed by atoms with Crippen molar-refractivity contribution in [1.82, 2.24) is 5.32 Å². The number of rotatable bonds is 7. The van der Waals surface area contributed by atoms with Crippen LogP contribution in [0.1, 0.15) is 20.3 Å². The molecular weight excluding hydrogens is 198 g/mol. The van der Waals surface area contributed by atoms with Crippen molar-refractivity contribution in [3.8, 4) is 0 Å². The van der Waals surface area contributed by atoms with Crippen molar-refractivity contribution in [3.05, 3.63) is 11.6 Å². The molecule has 0 heterocycles. The number of aliphatic carboxylic acids is 1. The average molecular weight is 217 g/mol. The Hall–Kier alpha value is -0.480. The largest absolute Gasteiger partial charge is 0.478 e. The molecule has 0 aromatic carbocycles. The summed E-state index contributed by atoms with van der Waals surface area (Å²) in [4.78, 5) is 10.4. The van der Waals surface area contributed by atoms with E-state index >= 15 is 0 Å². The SMILES string of the molecule is CSC(C)CCNC/C=C(/C)C(=O)O. The number of nitrogens with one attached hydrogen (secondary N) is 1. The highest BCUT2D eigenvalue weighted by Gasteiger charge is 1.99. The Morgan fingerprint density at radius 2 is 2.29 bits per heavy atom. The van der Waals surface area contributed by atoms with E-state index in [1.165, 1.54) is 0 Å². The molecule has 1 atom stereocenters. The van der Waals surface area contributed by atoms with Gasteiger partial charge in [-0.05, 0) is 26.1 Å². The Labute approximate surface area is 90.0 Å². The third kappa shape index (κ3) is 6.97. The number of carbonyl (C=O) groups is 1. The topological polar surface area (TPSA) is 49.3 Å². The van der Waals surface area contributed by atoms with Crippen molar-refractivity contribution < 1.29 is 9.90 Å². The maximum Gasteiger partial charge on any atom is 0.330 e. The predicted octanol–water partition coefficient (Wildman–Crippen LogP) is 1.75. The molecule has 0 rings (SSSR count). The second-order valence-corrected chi connectivity index (χ2v) is 4.51. The van der Waals surface area contributed by atoms with E-state index in [4.69, 9.17) is 5.11 Å². The first-order valence-electron chi connectivity index (χ1n) is 4.71. The number of hydrogen-bond donors (Lipinski definition) is 2.